The summed E-state index contributed by atoms with van der Waals surface area (Å²) in [5.74, 6) is 0.578. The Bertz CT molecular complexity index is 855. The Morgan fingerprint density at radius 2 is 2.23 bits per heavy atom. The Kier molecular flexibility index (Phi) is 5.81. The zero-order valence-electron chi connectivity index (χ0n) is 15.2. The number of H-pyrrole nitrogens is 1. The van der Waals surface area contributed by atoms with Crippen LogP contribution in [0.25, 0.3) is 11.4 Å². The van der Waals surface area contributed by atoms with Crippen molar-refractivity contribution in [2.75, 3.05) is 0 Å². The van der Waals surface area contributed by atoms with E-state index >= 15 is 0 Å². The largest absolute Gasteiger partial charge is 0.325 e. The first-order valence-corrected chi connectivity index (χ1v) is 9.04. The van der Waals surface area contributed by atoms with Gasteiger partial charge < -0.3 is 10.7 Å². The minimum Gasteiger partial charge on any atom is -0.325 e. The molecule has 0 radical (unpaired) electrons. The maximum Gasteiger partial charge on any atom is 0.251 e. The molecule has 1 aliphatic rings. The predicted molar refractivity (Wildman–Crippen MR) is 106 cm³/mol. The fourth-order valence-electron chi connectivity index (χ4n) is 3.53. The van der Waals surface area contributed by atoms with E-state index in [4.69, 9.17) is 5.73 Å². The average Bonchev–Trinajstić information content (AvgIpc) is 2.64. The van der Waals surface area contributed by atoms with E-state index in [2.05, 4.69) is 46.6 Å². The van der Waals surface area contributed by atoms with Gasteiger partial charge in [-0.2, -0.15) is 0 Å². The topological polar surface area (TPSA) is 75.0 Å². The molecule has 1 aliphatic heterocycles. The summed E-state index contributed by atoms with van der Waals surface area (Å²) in [4.78, 5) is 21.8. The standard InChI is InChI=1S/C21H26N4O/c1-3-7-18-10-6-8-15(2)25(18)14-16-9-4-5-11-19(16)21-23-17(13-22)12-20(26)24-21/h3-6,8-9,11-12,15,18H,1,7,10,13-14,22H2,2H3,(H,23,24,26)/t15-,18-/m1/s1. The molecule has 2 aromatic rings. The summed E-state index contributed by atoms with van der Waals surface area (Å²) in [5.41, 5.74) is 8.18. The van der Waals surface area contributed by atoms with Crippen LogP contribution in [0.4, 0.5) is 0 Å². The van der Waals surface area contributed by atoms with Gasteiger partial charge in [-0.25, -0.2) is 4.98 Å². The number of aromatic amines is 1. The highest BCUT2D eigenvalue weighted by Crippen LogP contribution is 2.27. The van der Waals surface area contributed by atoms with Crippen LogP contribution in [0.5, 0.6) is 0 Å². The molecule has 1 aromatic heterocycles. The van der Waals surface area contributed by atoms with Crippen LogP contribution < -0.4 is 11.3 Å². The highest BCUT2D eigenvalue weighted by molar-refractivity contribution is 5.60. The number of nitrogens with two attached hydrogens (primary N) is 1. The number of benzene rings is 1. The molecule has 5 nitrogen and oxygen atoms in total. The molecule has 3 rings (SSSR count). The lowest BCUT2D eigenvalue weighted by atomic mass is 9.97. The average molecular weight is 350 g/mol. The Morgan fingerprint density at radius 3 is 3.00 bits per heavy atom. The smallest absolute Gasteiger partial charge is 0.251 e. The Morgan fingerprint density at radius 1 is 1.42 bits per heavy atom. The number of nitrogens with zero attached hydrogens (tertiary/aromatic N) is 2. The lowest BCUT2D eigenvalue weighted by Gasteiger charge is -2.37. The second-order valence-corrected chi connectivity index (χ2v) is 6.70. The van der Waals surface area contributed by atoms with Crippen LogP contribution >= 0.6 is 0 Å². The van der Waals surface area contributed by atoms with Crippen molar-refractivity contribution in [3.05, 3.63) is 76.8 Å². The van der Waals surface area contributed by atoms with Crippen molar-refractivity contribution in [2.45, 2.75) is 44.9 Å². The van der Waals surface area contributed by atoms with Crippen LogP contribution in [0.3, 0.4) is 0 Å². The van der Waals surface area contributed by atoms with Crippen LogP contribution in [0.15, 0.2) is 59.9 Å². The molecule has 0 amide bonds. The van der Waals surface area contributed by atoms with Crippen molar-refractivity contribution >= 4 is 0 Å². The first-order chi connectivity index (χ1) is 12.6. The van der Waals surface area contributed by atoms with Gasteiger partial charge in [0.25, 0.3) is 5.56 Å². The Balaban J connectivity index is 1.97. The van der Waals surface area contributed by atoms with E-state index in [0.717, 1.165) is 30.5 Å². The van der Waals surface area contributed by atoms with E-state index in [1.807, 2.05) is 24.3 Å². The summed E-state index contributed by atoms with van der Waals surface area (Å²) in [6, 6.07) is 10.3. The van der Waals surface area contributed by atoms with E-state index in [-0.39, 0.29) is 12.1 Å². The van der Waals surface area contributed by atoms with Crippen LogP contribution in [0.1, 0.15) is 31.0 Å². The molecule has 0 saturated heterocycles. The Hall–Kier alpha value is -2.50. The Labute approximate surface area is 154 Å². The second kappa shape index (κ2) is 8.25. The van der Waals surface area contributed by atoms with Gasteiger partial charge in [-0.1, -0.05) is 42.5 Å². The van der Waals surface area contributed by atoms with E-state index in [0.29, 0.717) is 23.6 Å². The third kappa shape index (κ3) is 4.00. The summed E-state index contributed by atoms with van der Waals surface area (Å²) in [7, 11) is 0. The maximum atomic E-state index is 12.0. The third-order valence-electron chi connectivity index (χ3n) is 4.88. The highest BCUT2D eigenvalue weighted by atomic mass is 16.1. The predicted octanol–water partition coefficient (Wildman–Crippen LogP) is 2.99. The first-order valence-electron chi connectivity index (χ1n) is 9.04. The van der Waals surface area contributed by atoms with E-state index in [1.54, 1.807) is 0 Å². The number of hydrogen-bond donors (Lipinski definition) is 2. The summed E-state index contributed by atoms with van der Waals surface area (Å²) in [6.07, 6.45) is 8.46. The molecule has 0 aliphatic carbocycles. The highest BCUT2D eigenvalue weighted by Gasteiger charge is 2.24. The van der Waals surface area contributed by atoms with Gasteiger partial charge in [-0.3, -0.25) is 9.69 Å². The number of rotatable bonds is 6. The van der Waals surface area contributed by atoms with Gasteiger partial charge in [0, 0.05) is 36.8 Å². The fourth-order valence-corrected chi connectivity index (χ4v) is 3.53. The van der Waals surface area contributed by atoms with Gasteiger partial charge in [0.2, 0.25) is 0 Å². The first kappa shape index (κ1) is 18.3. The molecule has 0 spiro atoms. The molecule has 3 N–H and O–H groups in total. The zero-order valence-corrected chi connectivity index (χ0v) is 15.2. The van der Waals surface area contributed by atoms with Gasteiger partial charge in [-0.15, -0.1) is 6.58 Å². The maximum absolute atomic E-state index is 12.0. The second-order valence-electron chi connectivity index (χ2n) is 6.70. The fraction of sp³-hybridized carbons (Fsp3) is 0.333. The van der Waals surface area contributed by atoms with Crippen molar-refractivity contribution in [3.8, 4) is 11.4 Å². The van der Waals surface area contributed by atoms with Crippen LogP contribution in [0, 0.1) is 0 Å². The molecule has 0 saturated carbocycles. The number of hydrogen-bond acceptors (Lipinski definition) is 4. The van der Waals surface area contributed by atoms with Crippen molar-refractivity contribution in [1.29, 1.82) is 0 Å². The number of aromatic nitrogens is 2. The molecule has 5 heteroatoms. The van der Waals surface area contributed by atoms with Crippen molar-refractivity contribution in [1.82, 2.24) is 14.9 Å². The normalized spacial score (nSPS) is 20.2. The molecular weight excluding hydrogens is 324 g/mol. The molecular formula is C21H26N4O. The molecule has 0 bridgehead atoms. The SMILES string of the molecule is C=CC[C@@H]1CC=C[C@@H](C)N1Cc1ccccc1-c1nc(CN)cc(=O)[nH]1. The molecule has 0 unspecified atom stereocenters. The molecule has 0 fully saturated rings. The van der Waals surface area contributed by atoms with E-state index in [9.17, 15) is 4.79 Å². The molecule has 1 aromatic carbocycles. The summed E-state index contributed by atoms with van der Waals surface area (Å²) >= 11 is 0. The van der Waals surface area contributed by atoms with Crippen molar-refractivity contribution in [2.24, 2.45) is 5.73 Å². The summed E-state index contributed by atoms with van der Waals surface area (Å²) < 4.78 is 0. The summed E-state index contributed by atoms with van der Waals surface area (Å²) in [5, 5.41) is 0. The van der Waals surface area contributed by atoms with Gasteiger partial charge in [0.1, 0.15) is 5.82 Å². The van der Waals surface area contributed by atoms with Gasteiger partial charge in [0.05, 0.1) is 5.69 Å². The molecule has 2 heterocycles. The van der Waals surface area contributed by atoms with Crippen molar-refractivity contribution < 1.29 is 0 Å². The van der Waals surface area contributed by atoms with Crippen LogP contribution in [-0.2, 0) is 13.1 Å². The quantitative estimate of drug-likeness (QED) is 0.786. The van der Waals surface area contributed by atoms with Gasteiger partial charge >= 0.3 is 0 Å². The zero-order chi connectivity index (χ0) is 18.5. The minimum absolute atomic E-state index is 0.177. The lowest BCUT2D eigenvalue weighted by Crippen LogP contribution is -2.42. The molecule has 136 valence electrons. The van der Waals surface area contributed by atoms with Gasteiger partial charge in [-0.05, 0) is 25.3 Å². The lowest BCUT2D eigenvalue weighted by molar-refractivity contribution is 0.151. The van der Waals surface area contributed by atoms with Crippen LogP contribution in [0.2, 0.25) is 0 Å². The summed E-state index contributed by atoms with van der Waals surface area (Å²) in [6.45, 7) is 7.15. The molecule has 26 heavy (non-hydrogen) atoms. The van der Waals surface area contributed by atoms with E-state index in [1.165, 1.54) is 6.07 Å². The van der Waals surface area contributed by atoms with Gasteiger partial charge in [0.15, 0.2) is 0 Å². The minimum atomic E-state index is -0.177. The molecule has 2 atom stereocenters. The van der Waals surface area contributed by atoms with Crippen molar-refractivity contribution in [3.63, 3.8) is 0 Å². The third-order valence-corrected chi connectivity index (χ3v) is 4.88. The van der Waals surface area contributed by atoms with Crippen LogP contribution in [-0.4, -0.2) is 27.0 Å². The van der Waals surface area contributed by atoms with E-state index < -0.39 is 0 Å². The number of nitrogens with one attached hydrogen (secondary N) is 1. The monoisotopic (exact) mass is 350 g/mol.